The summed E-state index contributed by atoms with van der Waals surface area (Å²) < 4.78 is 15.2. The molecule has 0 N–H and O–H groups in total. The fourth-order valence-corrected chi connectivity index (χ4v) is 1.79. The van der Waals surface area contributed by atoms with E-state index in [-0.39, 0.29) is 5.82 Å². The number of hydrogen-bond donors (Lipinski definition) is 0. The Morgan fingerprint density at radius 3 is 2.56 bits per heavy atom. The number of aromatic nitrogens is 2. The molecule has 0 amide bonds. The van der Waals surface area contributed by atoms with Gasteiger partial charge in [0.05, 0.1) is 11.7 Å². The Labute approximate surface area is 91.9 Å². The maximum Gasteiger partial charge on any atom is 0.148 e. The lowest BCUT2D eigenvalue weighted by atomic mass is 10.2. The van der Waals surface area contributed by atoms with Crippen LogP contribution in [-0.4, -0.2) is 9.78 Å². The normalized spacial score (nSPS) is 10.8. The van der Waals surface area contributed by atoms with Crippen molar-refractivity contribution in [2.24, 2.45) is 0 Å². The van der Waals surface area contributed by atoms with Crippen molar-refractivity contribution in [2.45, 2.75) is 0 Å². The van der Waals surface area contributed by atoms with Gasteiger partial charge in [-0.2, -0.15) is 5.10 Å². The van der Waals surface area contributed by atoms with Gasteiger partial charge in [0.1, 0.15) is 11.5 Å². The molecule has 78 valence electrons. The highest BCUT2D eigenvalue weighted by molar-refractivity contribution is 5.80. The van der Waals surface area contributed by atoms with Gasteiger partial charge in [-0.15, -0.1) is 0 Å². The van der Waals surface area contributed by atoms with Crippen molar-refractivity contribution >= 4 is 10.9 Å². The van der Waals surface area contributed by atoms with E-state index in [1.165, 1.54) is 6.07 Å². The topological polar surface area (TPSA) is 17.8 Å². The molecule has 0 unspecified atom stereocenters. The van der Waals surface area contributed by atoms with Gasteiger partial charge in [-0.3, -0.25) is 0 Å². The molecule has 0 saturated heterocycles. The van der Waals surface area contributed by atoms with Crippen LogP contribution in [0.25, 0.3) is 16.6 Å². The van der Waals surface area contributed by atoms with Gasteiger partial charge < -0.3 is 0 Å². The van der Waals surface area contributed by atoms with E-state index in [0.717, 1.165) is 10.9 Å². The summed E-state index contributed by atoms with van der Waals surface area (Å²) in [5.41, 5.74) is 1.39. The first-order chi connectivity index (χ1) is 7.86. The average Bonchev–Trinajstić information content (AvgIpc) is 2.74. The van der Waals surface area contributed by atoms with Crippen molar-refractivity contribution in [2.75, 3.05) is 0 Å². The number of hydrogen-bond acceptors (Lipinski definition) is 1. The Bertz CT molecular complexity index is 643. The summed E-state index contributed by atoms with van der Waals surface area (Å²) in [5.74, 6) is -0.267. The van der Waals surface area contributed by atoms with Gasteiger partial charge >= 0.3 is 0 Å². The Hall–Kier alpha value is -2.16. The molecule has 0 aliphatic heterocycles. The van der Waals surface area contributed by atoms with Crippen LogP contribution in [0.1, 0.15) is 0 Å². The predicted octanol–water partition coefficient (Wildman–Crippen LogP) is 3.16. The number of fused-ring (bicyclic) bond motifs is 1. The second-order valence-corrected chi connectivity index (χ2v) is 3.57. The van der Waals surface area contributed by atoms with E-state index in [0.29, 0.717) is 5.69 Å². The van der Waals surface area contributed by atoms with Crippen LogP contribution in [0.15, 0.2) is 54.7 Å². The molecule has 0 aliphatic rings. The summed E-state index contributed by atoms with van der Waals surface area (Å²) in [6.45, 7) is 0. The van der Waals surface area contributed by atoms with Crippen LogP contribution in [-0.2, 0) is 0 Å². The molecular formula is C13H9FN2. The zero-order valence-corrected chi connectivity index (χ0v) is 8.47. The molecule has 3 heteroatoms. The van der Waals surface area contributed by atoms with Gasteiger partial charge in [0, 0.05) is 5.39 Å². The SMILES string of the molecule is Fc1ccccc1-n1ncc2ccccc21. The third kappa shape index (κ3) is 1.29. The molecule has 1 heterocycles. The van der Waals surface area contributed by atoms with Gasteiger partial charge in [0.2, 0.25) is 0 Å². The third-order valence-corrected chi connectivity index (χ3v) is 2.56. The quantitative estimate of drug-likeness (QED) is 0.605. The second-order valence-electron chi connectivity index (χ2n) is 3.57. The van der Waals surface area contributed by atoms with E-state index < -0.39 is 0 Å². The van der Waals surface area contributed by atoms with E-state index >= 15 is 0 Å². The van der Waals surface area contributed by atoms with Crippen LogP contribution in [0.2, 0.25) is 0 Å². The maximum atomic E-state index is 13.6. The van der Waals surface area contributed by atoms with Gasteiger partial charge in [-0.05, 0) is 18.2 Å². The highest BCUT2D eigenvalue weighted by Crippen LogP contribution is 2.19. The molecule has 16 heavy (non-hydrogen) atoms. The van der Waals surface area contributed by atoms with Gasteiger partial charge in [-0.1, -0.05) is 30.3 Å². The van der Waals surface area contributed by atoms with Gasteiger partial charge in [0.15, 0.2) is 0 Å². The molecule has 0 atom stereocenters. The fourth-order valence-electron chi connectivity index (χ4n) is 1.79. The molecule has 0 fully saturated rings. The zero-order chi connectivity index (χ0) is 11.0. The van der Waals surface area contributed by atoms with E-state index in [1.807, 2.05) is 24.3 Å². The molecule has 0 aliphatic carbocycles. The van der Waals surface area contributed by atoms with Crippen LogP contribution >= 0.6 is 0 Å². The lowest BCUT2D eigenvalue weighted by molar-refractivity contribution is 0.613. The van der Waals surface area contributed by atoms with Crippen LogP contribution in [0.4, 0.5) is 4.39 Å². The first-order valence-corrected chi connectivity index (χ1v) is 5.04. The summed E-state index contributed by atoms with van der Waals surface area (Å²) in [6.07, 6.45) is 1.74. The fraction of sp³-hybridized carbons (Fsp3) is 0. The smallest absolute Gasteiger partial charge is 0.148 e. The molecule has 2 aromatic carbocycles. The van der Waals surface area contributed by atoms with Crippen LogP contribution in [0.3, 0.4) is 0 Å². The molecule has 0 bridgehead atoms. The van der Waals surface area contributed by atoms with E-state index in [2.05, 4.69) is 5.10 Å². The van der Waals surface area contributed by atoms with Crippen LogP contribution in [0.5, 0.6) is 0 Å². The molecular weight excluding hydrogens is 203 g/mol. The first-order valence-electron chi connectivity index (χ1n) is 5.04. The van der Waals surface area contributed by atoms with Crippen molar-refractivity contribution in [3.05, 3.63) is 60.5 Å². The summed E-state index contributed by atoms with van der Waals surface area (Å²) in [4.78, 5) is 0. The largest absolute Gasteiger partial charge is 0.230 e. The number of rotatable bonds is 1. The monoisotopic (exact) mass is 212 g/mol. The molecule has 1 aromatic heterocycles. The third-order valence-electron chi connectivity index (χ3n) is 2.56. The summed E-state index contributed by atoms with van der Waals surface area (Å²) in [6, 6.07) is 14.4. The maximum absolute atomic E-state index is 13.6. The predicted molar refractivity (Wildman–Crippen MR) is 61.0 cm³/mol. The number of benzene rings is 2. The van der Waals surface area contributed by atoms with Gasteiger partial charge in [0.25, 0.3) is 0 Å². The molecule has 0 saturated carbocycles. The Morgan fingerprint density at radius 2 is 1.69 bits per heavy atom. The minimum atomic E-state index is -0.267. The Balaban J connectivity index is 2.31. The Kier molecular flexibility index (Phi) is 1.96. The van der Waals surface area contributed by atoms with Crippen molar-refractivity contribution in [3.8, 4) is 5.69 Å². The van der Waals surface area contributed by atoms with E-state index in [4.69, 9.17) is 0 Å². The number of para-hydroxylation sites is 2. The molecule has 3 rings (SSSR count). The average molecular weight is 212 g/mol. The number of halogens is 1. The lowest BCUT2D eigenvalue weighted by Gasteiger charge is -2.04. The molecule has 0 spiro atoms. The van der Waals surface area contributed by atoms with E-state index in [1.54, 1.807) is 29.1 Å². The highest BCUT2D eigenvalue weighted by Gasteiger charge is 2.07. The van der Waals surface area contributed by atoms with Gasteiger partial charge in [-0.25, -0.2) is 9.07 Å². The second kappa shape index (κ2) is 3.45. The summed E-state index contributed by atoms with van der Waals surface area (Å²) in [7, 11) is 0. The summed E-state index contributed by atoms with van der Waals surface area (Å²) >= 11 is 0. The van der Waals surface area contributed by atoms with Crippen molar-refractivity contribution in [1.29, 1.82) is 0 Å². The first kappa shape index (κ1) is 9.09. The molecule has 0 radical (unpaired) electrons. The minimum absolute atomic E-state index is 0.267. The zero-order valence-electron chi connectivity index (χ0n) is 8.47. The summed E-state index contributed by atoms with van der Waals surface area (Å²) in [5, 5.41) is 5.21. The highest BCUT2D eigenvalue weighted by atomic mass is 19.1. The molecule has 3 aromatic rings. The lowest BCUT2D eigenvalue weighted by Crippen LogP contribution is -1.98. The van der Waals surface area contributed by atoms with Crippen molar-refractivity contribution in [1.82, 2.24) is 9.78 Å². The van der Waals surface area contributed by atoms with Crippen LogP contribution < -0.4 is 0 Å². The molecule has 2 nitrogen and oxygen atoms in total. The van der Waals surface area contributed by atoms with E-state index in [9.17, 15) is 4.39 Å². The minimum Gasteiger partial charge on any atom is -0.230 e. The van der Waals surface area contributed by atoms with Crippen LogP contribution in [0, 0.1) is 5.82 Å². The number of nitrogens with zero attached hydrogens (tertiary/aromatic N) is 2. The van der Waals surface area contributed by atoms with Crippen molar-refractivity contribution in [3.63, 3.8) is 0 Å². The standard InChI is InChI=1S/C13H9FN2/c14-11-6-2-4-8-13(11)16-12-7-3-1-5-10(12)9-15-16/h1-9H. The Morgan fingerprint density at radius 1 is 0.938 bits per heavy atom. The van der Waals surface area contributed by atoms with Crippen molar-refractivity contribution < 1.29 is 4.39 Å².